The van der Waals surface area contributed by atoms with E-state index in [1.807, 2.05) is 13.0 Å². The molecular formula is C16H26N2O2S. The van der Waals surface area contributed by atoms with Gasteiger partial charge in [0, 0.05) is 19.1 Å². The van der Waals surface area contributed by atoms with Gasteiger partial charge in [-0.05, 0) is 37.8 Å². The zero-order valence-electron chi connectivity index (χ0n) is 12.8. The second-order valence-electron chi connectivity index (χ2n) is 5.68. The third-order valence-electron chi connectivity index (χ3n) is 4.00. The highest BCUT2D eigenvalue weighted by Crippen LogP contribution is 2.15. The van der Waals surface area contributed by atoms with Gasteiger partial charge in [0.25, 0.3) is 0 Å². The van der Waals surface area contributed by atoms with Crippen LogP contribution in [0, 0.1) is 0 Å². The van der Waals surface area contributed by atoms with Gasteiger partial charge >= 0.3 is 0 Å². The summed E-state index contributed by atoms with van der Waals surface area (Å²) in [5.74, 6) is 0.277. The maximum atomic E-state index is 12.0. The molecule has 0 spiro atoms. The van der Waals surface area contributed by atoms with Crippen molar-refractivity contribution in [3.63, 3.8) is 0 Å². The SMILES string of the molecule is CCCS(=O)(=O)N1CCC(NCCc2ccccc2)CC1. The monoisotopic (exact) mass is 310 g/mol. The normalized spacial score (nSPS) is 18.0. The van der Waals surface area contributed by atoms with E-state index in [1.54, 1.807) is 4.31 Å². The molecule has 2 rings (SSSR count). The van der Waals surface area contributed by atoms with Gasteiger partial charge in [0.05, 0.1) is 5.75 Å². The summed E-state index contributed by atoms with van der Waals surface area (Å²) in [5, 5.41) is 3.55. The summed E-state index contributed by atoms with van der Waals surface area (Å²) >= 11 is 0. The smallest absolute Gasteiger partial charge is 0.214 e. The van der Waals surface area contributed by atoms with Crippen LogP contribution in [0.25, 0.3) is 0 Å². The lowest BCUT2D eigenvalue weighted by Gasteiger charge is -2.31. The van der Waals surface area contributed by atoms with Crippen molar-refractivity contribution in [2.45, 2.75) is 38.6 Å². The Morgan fingerprint density at radius 3 is 2.48 bits per heavy atom. The first-order valence-electron chi connectivity index (χ1n) is 7.87. The molecule has 0 unspecified atom stereocenters. The van der Waals surface area contributed by atoms with E-state index in [0.717, 1.165) is 25.8 Å². The van der Waals surface area contributed by atoms with Gasteiger partial charge in [0.2, 0.25) is 10.0 Å². The molecule has 118 valence electrons. The predicted octanol–water partition coefficient (Wildman–Crippen LogP) is 2.02. The second kappa shape index (κ2) is 7.92. The third-order valence-corrected chi connectivity index (χ3v) is 6.07. The molecule has 1 saturated heterocycles. The van der Waals surface area contributed by atoms with E-state index in [-0.39, 0.29) is 5.75 Å². The van der Waals surface area contributed by atoms with Crippen molar-refractivity contribution in [1.82, 2.24) is 9.62 Å². The van der Waals surface area contributed by atoms with Crippen molar-refractivity contribution in [1.29, 1.82) is 0 Å². The van der Waals surface area contributed by atoms with Crippen LogP contribution in [0.4, 0.5) is 0 Å². The molecule has 0 amide bonds. The molecule has 0 saturated carbocycles. The zero-order chi connectivity index (χ0) is 15.1. The summed E-state index contributed by atoms with van der Waals surface area (Å²) in [6.45, 7) is 4.18. The predicted molar refractivity (Wildman–Crippen MR) is 86.8 cm³/mol. The molecule has 0 radical (unpaired) electrons. The van der Waals surface area contributed by atoms with Gasteiger partial charge in [0.1, 0.15) is 0 Å². The fourth-order valence-electron chi connectivity index (χ4n) is 2.79. The number of rotatable bonds is 7. The Labute approximate surface area is 128 Å². The van der Waals surface area contributed by atoms with E-state index in [4.69, 9.17) is 0 Å². The maximum absolute atomic E-state index is 12.0. The number of nitrogens with one attached hydrogen (secondary N) is 1. The highest BCUT2D eigenvalue weighted by molar-refractivity contribution is 7.89. The molecule has 21 heavy (non-hydrogen) atoms. The highest BCUT2D eigenvalue weighted by atomic mass is 32.2. The molecule has 0 atom stereocenters. The van der Waals surface area contributed by atoms with Gasteiger partial charge < -0.3 is 5.32 Å². The van der Waals surface area contributed by atoms with Crippen LogP contribution < -0.4 is 5.32 Å². The molecule has 1 aliphatic heterocycles. The average molecular weight is 310 g/mol. The molecule has 1 N–H and O–H groups in total. The molecular weight excluding hydrogens is 284 g/mol. The van der Waals surface area contributed by atoms with Crippen LogP contribution in [-0.2, 0) is 16.4 Å². The summed E-state index contributed by atoms with van der Waals surface area (Å²) in [6.07, 6.45) is 3.54. The average Bonchev–Trinajstić information content (AvgIpc) is 2.49. The Hall–Kier alpha value is -0.910. The Morgan fingerprint density at radius 2 is 1.86 bits per heavy atom. The Bertz CT molecular complexity index is 508. The summed E-state index contributed by atoms with van der Waals surface area (Å²) in [5.41, 5.74) is 1.34. The largest absolute Gasteiger partial charge is 0.314 e. The minimum Gasteiger partial charge on any atom is -0.314 e. The van der Waals surface area contributed by atoms with Gasteiger partial charge in [-0.1, -0.05) is 37.3 Å². The molecule has 4 nitrogen and oxygen atoms in total. The molecule has 1 aromatic rings. The molecule has 0 aromatic heterocycles. The summed E-state index contributed by atoms with van der Waals surface area (Å²) in [6, 6.07) is 10.9. The van der Waals surface area contributed by atoms with Crippen LogP contribution in [0.1, 0.15) is 31.7 Å². The van der Waals surface area contributed by atoms with Crippen LogP contribution in [0.2, 0.25) is 0 Å². The topological polar surface area (TPSA) is 49.4 Å². The number of benzene rings is 1. The lowest BCUT2D eigenvalue weighted by molar-refractivity contribution is 0.290. The van der Waals surface area contributed by atoms with E-state index in [2.05, 4.69) is 29.6 Å². The minimum atomic E-state index is -3.01. The van der Waals surface area contributed by atoms with Crippen molar-refractivity contribution in [3.8, 4) is 0 Å². The highest BCUT2D eigenvalue weighted by Gasteiger charge is 2.26. The van der Waals surface area contributed by atoms with E-state index < -0.39 is 10.0 Å². The molecule has 1 heterocycles. The van der Waals surface area contributed by atoms with Crippen molar-refractivity contribution >= 4 is 10.0 Å². The van der Waals surface area contributed by atoms with Crippen LogP contribution in [-0.4, -0.2) is 44.2 Å². The van der Waals surface area contributed by atoms with Gasteiger partial charge in [-0.2, -0.15) is 0 Å². The second-order valence-corrected chi connectivity index (χ2v) is 7.77. The van der Waals surface area contributed by atoms with Crippen molar-refractivity contribution < 1.29 is 8.42 Å². The summed E-state index contributed by atoms with van der Waals surface area (Å²) < 4.78 is 25.7. The van der Waals surface area contributed by atoms with Crippen LogP contribution in [0.3, 0.4) is 0 Å². The van der Waals surface area contributed by atoms with Crippen molar-refractivity contribution in [3.05, 3.63) is 35.9 Å². The Morgan fingerprint density at radius 1 is 1.19 bits per heavy atom. The van der Waals surface area contributed by atoms with Gasteiger partial charge in [0.15, 0.2) is 0 Å². The quantitative estimate of drug-likeness (QED) is 0.838. The lowest BCUT2D eigenvalue weighted by Crippen LogP contribution is -2.45. The first-order valence-corrected chi connectivity index (χ1v) is 9.48. The first-order chi connectivity index (χ1) is 10.1. The zero-order valence-corrected chi connectivity index (χ0v) is 13.6. The molecule has 1 fully saturated rings. The fraction of sp³-hybridized carbons (Fsp3) is 0.625. The van der Waals surface area contributed by atoms with E-state index in [0.29, 0.717) is 25.6 Å². The van der Waals surface area contributed by atoms with Crippen LogP contribution in [0.15, 0.2) is 30.3 Å². The van der Waals surface area contributed by atoms with Crippen LogP contribution in [0.5, 0.6) is 0 Å². The van der Waals surface area contributed by atoms with Gasteiger partial charge in [-0.25, -0.2) is 12.7 Å². The fourth-order valence-corrected chi connectivity index (χ4v) is 4.33. The van der Waals surface area contributed by atoms with E-state index in [9.17, 15) is 8.42 Å². The van der Waals surface area contributed by atoms with Gasteiger partial charge in [-0.15, -0.1) is 0 Å². The molecule has 1 aromatic carbocycles. The molecule has 5 heteroatoms. The lowest BCUT2D eigenvalue weighted by atomic mass is 10.1. The van der Waals surface area contributed by atoms with Crippen molar-refractivity contribution in [2.75, 3.05) is 25.4 Å². The number of nitrogens with zero attached hydrogens (tertiary/aromatic N) is 1. The molecule has 0 bridgehead atoms. The molecule has 1 aliphatic rings. The van der Waals surface area contributed by atoms with Gasteiger partial charge in [-0.3, -0.25) is 0 Å². The minimum absolute atomic E-state index is 0.277. The number of sulfonamides is 1. The summed E-state index contributed by atoms with van der Waals surface area (Å²) in [7, 11) is -3.01. The van der Waals surface area contributed by atoms with E-state index >= 15 is 0 Å². The number of piperidine rings is 1. The maximum Gasteiger partial charge on any atom is 0.214 e. The number of hydrogen-bond acceptors (Lipinski definition) is 3. The summed E-state index contributed by atoms with van der Waals surface area (Å²) in [4.78, 5) is 0. The Kier molecular flexibility index (Phi) is 6.21. The Balaban J connectivity index is 1.70. The standard InChI is InChI=1S/C16H26N2O2S/c1-2-14-21(19,20)18-12-9-16(10-13-18)17-11-8-15-6-4-3-5-7-15/h3-7,16-17H,2,8-14H2,1H3. The number of hydrogen-bond donors (Lipinski definition) is 1. The molecule has 0 aliphatic carbocycles. The van der Waals surface area contributed by atoms with Crippen molar-refractivity contribution in [2.24, 2.45) is 0 Å². The van der Waals surface area contributed by atoms with Crippen LogP contribution >= 0.6 is 0 Å². The first kappa shape index (κ1) is 16.5. The third kappa shape index (κ3) is 5.09. The van der Waals surface area contributed by atoms with E-state index in [1.165, 1.54) is 5.56 Å².